The Morgan fingerprint density at radius 2 is 1.68 bits per heavy atom. The lowest BCUT2D eigenvalue weighted by atomic mass is 10.1. The van der Waals surface area contributed by atoms with Gasteiger partial charge in [-0.3, -0.25) is 9.59 Å². The minimum Gasteiger partial charge on any atom is -0.353 e. The number of nitrogens with zero attached hydrogens (tertiary/aromatic N) is 4. The summed E-state index contributed by atoms with van der Waals surface area (Å²) in [5, 5.41) is 0. The first-order valence-electron chi connectivity index (χ1n) is 9.07. The summed E-state index contributed by atoms with van der Waals surface area (Å²) < 4.78 is 24.8. The third-order valence-electron chi connectivity index (χ3n) is 4.97. The van der Waals surface area contributed by atoms with Crippen LogP contribution in [0.4, 0.5) is 11.5 Å². The van der Waals surface area contributed by atoms with Gasteiger partial charge in [-0.2, -0.15) is 0 Å². The Morgan fingerprint density at radius 3 is 2.25 bits per heavy atom. The minimum absolute atomic E-state index is 0.0104. The lowest BCUT2D eigenvalue weighted by Gasteiger charge is -2.35. The summed E-state index contributed by atoms with van der Waals surface area (Å²) in [5.41, 5.74) is 0.748. The number of piperazine rings is 1. The highest BCUT2D eigenvalue weighted by atomic mass is 32.2. The van der Waals surface area contributed by atoms with E-state index in [1.54, 1.807) is 23.2 Å². The topological polar surface area (TPSA) is 90.9 Å². The van der Waals surface area contributed by atoms with Crippen LogP contribution < -0.4 is 9.21 Å². The predicted molar refractivity (Wildman–Crippen MR) is 105 cm³/mol. The van der Waals surface area contributed by atoms with E-state index < -0.39 is 15.9 Å². The maximum Gasteiger partial charge on any atom is 0.253 e. The number of anilines is 2. The van der Waals surface area contributed by atoms with E-state index in [1.165, 1.54) is 12.1 Å². The van der Waals surface area contributed by atoms with Gasteiger partial charge in [0.15, 0.2) is 0 Å². The minimum atomic E-state index is -3.60. The lowest BCUT2D eigenvalue weighted by Crippen LogP contribution is -2.49. The lowest BCUT2D eigenvalue weighted by molar-refractivity contribution is -0.116. The standard InChI is InChI=1S/C19H20N4O4S/c24-18-8-14-28(26,27)23(18)16-6-4-15(5-7-16)19(25)22-12-10-21(11-13-22)17-3-1-2-9-20-17/h1-7,9H,8,10-14H2. The fourth-order valence-electron chi connectivity index (χ4n) is 3.47. The Morgan fingerprint density at radius 1 is 0.964 bits per heavy atom. The summed E-state index contributed by atoms with van der Waals surface area (Å²) >= 11 is 0. The first kappa shape index (κ1) is 18.4. The molecule has 1 aromatic heterocycles. The molecule has 9 heteroatoms. The first-order valence-corrected chi connectivity index (χ1v) is 10.7. The Kier molecular flexibility index (Phi) is 4.76. The van der Waals surface area contributed by atoms with E-state index in [-0.39, 0.29) is 23.8 Å². The Hall–Kier alpha value is -2.94. The molecule has 8 nitrogen and oxygen atoms in total. The fourth-order valence-corrected chi connectivity index (χ4v) is 4.93. The molecule has 2 aliphatic rings. The van der Waals surface area contributed by atoms with Crippen LogP contribution in [0.2, 0.25) is 0 Å². The zero-order valence-corrected chi connectivity index (χ0v) is 16.0. The Balaban J connectivity index is 1.43. The average molecular weight is 400 g/mol. The van der Waals surface area contributed by atoms with E-state index in [4.69, 9.17) is 0 Å². The second-order valence-electron chi connectivity index (χ2n) is 6.74. The molecule has 0 unspecified atom stereocenters. The number of benzene rings is 1. The molecular formula is C19H20N4O4S. The van der Waals surface area contributed by atoms with Gasteiger partial charge in [-0.1, -0.05) is 6.07 Å². The number of rotatable bonds is 3. The van der Waals surface area contributed by atoms with Crippen LogP contribution in [0.15, 0.2) is 48.7 Å². The van der Waals surface area contributed by atoms with Gasteiger partial charge in [-0.25, -0.2) is 17.7 Å². The van der Waals surface area contributed by atoms with Crippen molar-refractivity contribution in [3.05, 3.63) is 54.2 Å². The predicted octanol–water partition coefficient (Wildman–Crippen LogP) is 1.11. The van der Waals surface area contributed by atoms with Crippen LogP contribution in [0.1, 0.15) is 16.8 Å². The molecule has 28 heavy (non-hydrogen) atoms. The smallest absolute Gasteiger partial charge is 0.253 e. The third-order valence-corrected chi connectivity index (χ3v) is 6.66. The van der Waals surface area contributed by atoms with Crippen molar-refractivity contribution in [3.8, 4) is 0 Å². The van der Waals surface area contributed by atoms with Crippen molar-refractivity contribution in [2.24, 2.45) is 0 Å². The quantitative estimate of drug-likeness (QED) is 0.767. The molecule has 0 N–H and O–H groups in total. The molecule has 146 valence electrons. The third kappa shape index (κ3) is 3.45. The van der Waals surface area contributed by atoms with Crippen LogP contribution in [-0.2, 0) is 14.8 Å². The van der Waals surface area contributed by atoms with Crippen molar-refractivity contribution in [2.75, 3.05) is 41.1 Å². The van der Waals surface area contributed by atoms with Gasteiger partial charge in [0.2, 0.25) is 15.9 Å². The molecule has 3 heterocycles. The van der Waals surface area contributed by atoms with E-state index in [9.17, 15) is 18.0 Å². The highest BCUT2D eigenvalue weighted by Gasteiger charge is 2.36. The summed E-state index contributed by atoms with van der Waals surface area (Å²) in [6.07, 6.45) is 1.74. The van der Waals surface area contributed by atoms with Crippen LogP contribution in [0.3, 0.4) is 0 Å². The highest BCUT2D eigenvalue weighted by molar-refractivity contribution is 7.94. The molecule has 0 spiro atoms. The molecule has 2 amide bonds. The summed E-state index contributed by atoms with van der Waals surface area (Å²) in [6.45, 7) is 2.55. The van der Waals surface area contributed by atoms with E-state index in [0.717, 1.165) is 10.1 Å². The summed E-state index contributed by atoms with van der Waals surface area (Å²) in [5.74, 6) is 0.176. The Labute approximate surface area is 163 Å². The van der Waals surface area contributed by atoms with Crippen molar-refractivity contribution in [2.45, 2.75) is 6.42 Å². The molecule has 0 aliphatic carbocycles. The van der Waals surface area contributed by atoms with E-state index >= 15 is 0 Å². The molecule has 0 atom stereocenters. The molecule has 2 aromatic rings. The molecule has 2 saturated heterocycles. The van der Waals surface area contributed by atoms with Crippen molar-refractivity contribution in [1.82, 2.24) is 9.88 Å². The number of hydrogen-bond acceptors (Lipinski definition) is 6. The number of pyridine rings is 1. The SMILES string of the molecule is O=C(c1ccc(N2C(=O)CCS2(=O)=O)cc1)N1CCN(c2ccccn2)CC1. The van der Waals surface area contributed by atoms with Crippen molar-refractivity contribution in [3.63, 3.8) is 0 Å². The molecule has 4 rings (SSSR count). The van der Waals surface area contributed by atoms with E-state index in [2.05, 4.69) is 9.88 Å². The van der Waals surface area contributed by atoms with Crippen molar-refractivity contribution < 1.29 is 18.0 Å². The normalized spacial score (nSPS) is 19.1. The highest BCUT2D eigenvalue weighted by Crippen LogP contribution is 2.25. The van der Waals surface area contributed by atoms with E-state index in [1.807, 2.05) is 18.2 Å². The van der Waals surface area contributed by atoms with Crippen LogP contribution in [-0.4, -0.2) is 62.0 Å². The van der Waals surface area contributed by atoms with Gasteiger partial charge in [-0.05, 0) is 36.4 Å². The van der Waals surface area contributed by atoms with Gasteiger partial charge in [0, 0.05) is 44.4 Å². The zero-order valence-electron chi connectivity index (χ0n) is 15.2. The zero-order chi connectivity index (χ0) is 19.7. The van der Waals surface area contributed by atoms with Gasteiger partial charge in [0.05, 0.1) is 11.4 Å². The van der Waals surface area contributed by atoms with Gasteiger partial charge in [0.25, 0.3) is 5.91 Å². The summed E-state index contributed by atoms with van der Waals surface area (Å²) in [6, 6.07) is 11.9. The van der Waals surface area contributed by atoms with Crippen LogP contribution in [0.5, 0.6) is 0 Å². The molecule has 0 saturated carbocycles. The number of aromatic nitrogens is 1. The maximum atomic E-state index is 12.8. The molecule has 1 aromatic carbocycles. The summed E-state index contributed by atoms with van der Waals surface area (Å²) in [7, 11) is -3.60. The van der Waals surface area contributed by atoms with Crippen molar-refractivity contribution in [1.29, 1.82) is 0 Å². The number of carbonyl (C=O) groups is 2. The number of hydrogen-bond donors (Lipinski definition) is 0. The van der Waals surface area contributed by atoms with Gasteiger partial charge < -0.3 is 9.80 Å². The maximum absolute atomic E-state index is 12.8. The molecular weight excluding hydrogens is 380 g/mol. The van der Waals surface area contributed by atoms with Crippen LogP contribution in [0.25, 0.3) is 0 Å². The van der Waals surface area contributed by atoms with Crippen LogP contribution >= 0.6 is 0 Å². The second-order valence-corrected chi connectivity index (χ2v) is 8.68. The fraction of sp³-hybridized carbons (Fsp3) is 0.316. The largest absolute Gasteiger partial charge is 0.353 e. The average Bonchev–Trinajstić information content (AvgIpc) is 3.01. The second kappa shape index (κ2) is 7.23. The number of carbonyl (C=O) groups excluding carboxylic acids is 2. The van der Waals surface area contributed by atoms with E-state index in [0.29, 0.717) is 31.7 Å². The number of amides is 2. The van der Waals surface area contributed by atoms with Crippen LogP contribution in [0, 0.1) is 0 Å². The monoisotopic (exact) mass is 400 g/mol. The molecule has 2 aliphatic heterocycles. The summed E-state index contributed by atoms with van der Waals surface area (Å²) in [4.78, 5) is 32.9. The number of sulfonamides is 1. The molecule has 2 fully saturated rings. The Bertz CT molecular complexity index is 984. The van der Waals surface area contributed by atoms with Gasteiger partial charge in [0.1, 0.15) is 5.82 Å². The van der Waals surface area contributed by atoms with Crippen molar-refractivity contribution >= 4 is 33.3 Å². The molecule has 0 bridgehead atoms. The first-order chi connectivity index (χ1) is 13.5. The van der Waals surface area contributed by atoms with Gasteiger partial charge in [-0.15, -0.1) is 0 Å². The molecule has 0 radical (unpaired) electrons. The van der Waals surface area contributed by atoms with Gasteiger partial charge >= 0.3 is 0 Å².